The summed E-state index contributed by atoms with van der Waals surface area (Å²) in [5.74, 6) is -0.104. The normalized spacial score (nSPS) is 23.7. The summed E-state index contributed by atoms with van der Waals surface area (Å²) in [4.78, 5) is 14.0. The van der Waals surface area contributed by atoms with E-state index in [1.807, 2.05) is 26.0 Å². The maximum atomic E-state index is 12.5. The van der Waals surface area contributed by atoms with E-state index in [9.17, 15) is 15.0 Å². The van der Waals surface area contributed by atoms with E-state index >= 15 is 0 Å². The highest BCUT2D eigenvalue weighted by atomic mass is 16.3. The van der Waals surface area contributed by atoms with Gasteiger partial charge in [-0.25, -0.2) is 0 Å². The Morgan fingerprint density at radius 1 is 1.21 bits per heavy atom. The van der Waals surface area contributed by atoms with Crippen molar-refractivity contribution in [3.05, 3.63) is 29.8 Å². The number of hydrogen-bond donors (Lipinski definition) is 3. The van der Waals surface area contributed by atoms with Crippen molar-refractivity contribution in [1.82, 2.24) is 4.90 Å². The number of carbonyl (C=O) groups is 1. The van der Waals surface area contributed by atoms with Gasteiger partial charge in [0.25, 0.3) is 0 Å². The Hall–Kier alpha value is -1.59. The number of aliphatic hydroxyl groups is 2. The Kier molecular flexibility index (Phi) is 3.52. The Balaban J connectivity index is 2.20. The van der Waals surface area contributed by atoms with E-state index in [1.165, 1.54) is 4.90 Å². The van der Waals surface area contributed by atoms with E-state index in [2.05, 4.69) is 0 Å². The molecule has 1 fully saturated rings. The number of carbonyl (C=O) groups excluding carboxylic acids is 1. The molecule has 1 aliphatic rings. The molecule has 1 amide bonds. The molecular weight excluding hydrogens is 244 g/mol. The van der Waals surface area contributed by atoms with Crippen LogP contribution in [0.3, 0.4) is 0 Å². The summed E-state index contributed by atoms with van der Waals surface area (Å²) >= 11 is 0. The van der Waals surface area contributed by atoms with Crippen LogP contribution < -0.4 is 5.73 Å². The molecule has 2 unspecified atom stereocenters. The quantitative estimate of drug-likeness (QED) is 0.662. The molecule has 1 aromatic carbocycles. The van der Waals surface area contributed by atoms with Crippen LogP contribution in [0.4, 0.5) is 5.69 Å². The van der Waals surface area contributed by atoms with Gasteiger partial charge >= 0.3 is 0 Å². The number of nitrogen functional groups attached to an aromatic ring is 1. The van der Waals surface area contributed by atoms with Crippen LogP contribution in [0.2, 0.25) is 0 Å². The van der Waals surface area contributed by atoms with Gasteiger partial charge in [0.2, 0.25) is 5.91 Å². The Morgan fingerprint density at radius 3 is 2.16 bits per heavy atom. The first-order chi connectivity index (χ1) is 8.82. The minimum Gasteiger partial charge on any atom is -0.399 e. The van der Waals surface area contributed by atoms with Gasteiger partial charge in [0.05, 0.1) is 17.6 Å². The summed E-state index contributed by atoms with van der Waals surface area (Å²) in [7, 11) is 0. The molecule has 0 saturated carbocycles. The third-order valence-electron chi connectivity index (χ3n) is 3.71. The lowest BCUT2D eigenvalue weighted by atomic mass is 9.83. The first-order valence-electron chi connectivity index (χ1n) is 6.34. The van der Waals surface area contributed by atoms with Crippen molar-refractivity contribution in [3.8, 4) is 0 Å². The van der Waals surface area contributed by atoms with Gasteiger partial charge in [0.1, 0.15) is 0 Å². The highest BCUT2D eigenvalue weighted by Crippen LogP contribution is 2.28. The molecule has 0 radical (unpaired) electrons. The molecule has 1 aromatic rings. The fraction of sp³-hybridized carbons (Fsp3) is 0.500. The predicted octanol–water partition coefficient (Wildman–Crippen LogP) is 0.110. The largest absolute Gasteiger partial charge is 0.399 e. The molecular formula is C14H20N2O3. The second-order valence-electron chi connectivity index (χ2n) is 5.59. The van der Waals surface area contributed by atoms with E-state index in [1.54, 1.807) is 12.1 Å². The number of anilines is 1. The highest BCUT2D eigenvalue weighted by molar-refractivity contribution is 5.87. The first kappa shape index (κ1) is 13.8. The monoisotopic (exact) mass is 264 g/mol. The Labute approximate surface area is 112 Å². The average Bonchev–Trinajstić information content (AvgIpc) is 2.69. The zero-order valence-corrected chi connectivity index (χ0v) is 11.2. The van der Waals surface area contributed by atoms with Crippen LogP contribution in [-0.4, -0.2) is 46.3 Å². The van der Waals surface area contributed by atoms with Crippen molar-refractivity contribution in [3.63, 3.8) is 0 Å². The van der Waals surface area contributed by atoms with Gasteiger partial charge in [-0.1, -0.05) is 12.1 Å². The minimum atomic E-state index is -0.855. The summed E-state index contributed by atoms with van der Waals surface area (Å²) in [5, 5.41) is 19.1. The number of nitrogens with two attached hydrogens (primary N) is 1. The van der Waals surface area contributed by atoms with E-state index in [4.69, 9.17) is 5.73 Å². The van der Waals surface area contributed by atoms with E-state index in [0.29, 0.717) is 5.69 Å². The van der Waals surface area contributed by atoms with Gasteiger partial charge in [-0.05, 0) is 31.5 Å². The standard InChI is InChI=1S/C14H20N2O3/c1-14(2,9-3-5-10(15)6-4-9)13(19)16-7-11(17)12(18)8-16/h3-6,11-12,17-18H,7-8,15H2,1-2H3. The molecule has 104 valence electrons. The summed E-state index contributed by atoms with van der Waals surface area (Å²) in [6.45, 7) is 4.02. The number of amides is 1. The molecule has 2 atom stereocenters. The van der Waals surface area contributed by atoms with Crippen molar-refractivity contribution in [1.29, 1.82) is 0 Å². The molecule has 1 saturated heterocycles. The topological polar surface area (TPSA) is 86.8 Å². The molecule has 4 N–H and O–H groups in total. The minimum absolute atomic E-state index is 0.104. The number of likely N-dealkylation sites (tertiary alicyclic amines) is 1. The molecule has 5 nitrogen and oxygen atoms in total. The number of rotatable bonds is 2. The molecule has 0 bridgehead atoms. The fourth-order valence-corrected chi connectivity index (χ4v) is 2.35. The fourth-order valence-electron chi connectivity index (χ4n) is 2.35. The van der Waals surface area contributed by atoms with Gasteiger partial charge in [-0.3, -0.25) is 4.79 Å². The van der Waals surface area contributed by atoms with Gasteiger partial charge in [-0.2, -0.15) is 0 Å². The molecule has 19 heavy (non-hydrogen) atoms. The summed E-state index contributed by atoms with van der Waals surface area (Å²) in [6, 6.07) is 7.18. The zero-order valence-electron chi connectivity index (χ0n) is 11.2. The van der Waals surface area contributed by atoms with Crippen LogP contribution in [0.15, 0.2) is 24.3 Å². The molecule has 5 heteroatoms. The average molecular weight is 264 g/mol. The highest BCUT2D eigenvalue weighted by Gasteiger charge is 2.39. The Morgan fingerprint density at radius 2 is 1.68 bits per heavy atom. The van der Waals surface area contributed by atoms with Crippen LogP contribution in [-0.2, 0) is 10.2 Å². The molecule has 1 heterocycles. The second kappa shape index (κ2) is 4.83. The summed E-state index contributed by atoms with van der Waals surface area (Å²) in [6.07, 6.45) is -1.71. The predicted molar refractivity (Wildman–Crippen MR) is 72.5 cm³/mol. The molecule has 2 rings (SSSR count). The SMILES string of the molecule is CC(C)(C(=O)N1CC(O)C(O)C1)c1ccc(N)cc1. The molecule has 0 aromatic heterocycles. The molecule has 0 spiro atoms. The van der Waals surface area contributed by atoms with E-state index < -0.39 is 17.6 Å². The summed E-state index contributed by atoms with van der Waals surface area (Å²) in [5.41, 5.74) is 6.45. The van der Waals surface area contributed by atoms with Crippen LogP contribution in [0.5, 0.6) is 0 Å². The molecule has 0 aliphatic carbocycles. The van der Waals surface area contributed by atoms with Crippen molar-refractivity contribution in [2.45, 2.75) is 31.5 Å². The van der Waals surface area contributed by atoms with Gasteiger partial charge in [-0.15, -0.1) is 0 Å². The van der Waals surface area contributed by atoms with Crippen LogP contribution in [0.1, 0.15) is 19.4 Å². The number of aliphatic hydroxyl groups excluding tert-OH is 2. The van der Waals surface area contributed by atoms with Gasteiger partial charge < -0.3 is 20.8 Å². The van der Waals surface area contributed by atoms with E-state index in [0.717, 1.165) is 5.56 Å². The maximum absolute atomic E-state index is 12.5. The lowest BCUT2D eigenvalue weighted by Crippen LogP contribution is -2.42. The van der Waals surface area contributed by atoms with Gasteiger partial charge in [0, 0.05) is 18.8 Å². The number of β-amino-alcohol motifs (C(OH)–C–C–N with tert-alkyl or cyclic N) is 2. The summed E-state index contributed by atoms with van der Waals surface area (Å²) < 4.78 is 0. The molecule has 1 aliphatic heterocycles. The van der Waals surface area contributed by atoms with Gasteiger partial charge in [0.15, 0.2) is 0 Å². The first-order valence-corrected chi connectivity index (χ1v) is 6.34. The zero-order chi connectivity index (χ0) is 14.2. The number of nitrogens with zero attached hydrogens (tertiary/aromatic N) is 1. The van der Waals surface area contributed by atoms with E-state index in [-0.39, 0.29) is 19.0 Å². The smallest absolute Gasteiger partial charge is 0.232 e. The maximum Gasteiger partial charge on any atom is 0.232 e. The van der Waals surface area contributed by atoms with Crippen molar-refractivity contribution in [2.24, 2.45) is 0 Å². The lowest BCUT2D eigenvalue weighted by Gasteiger charge is -2.29. The number of hydrogen-bond acceptors (Lipinski definition) is 4. The van der Waals surface area contributed by atoms with Crippen molar-refractivity contribution in [2.75, 3.05) is 18.8 Å². The second-order valence-corrected chi connectivity index (χ2v) is 5.59. The number of benzene rings is 1. The lowest BCUT2D eigenvalue weighted by molar-refractivity contribution is -0.135. The van der Waals surface area contributed by atoms with Crippen molar-refractivity contribution < 1.29 is 15.0 Å². The van der Waals surface area contributed by atoms with Crippen molar-refractivity contribution >= 4 is 11.6 Å². The third-order valence-corrected chi connectivity index (χ3v) is 3.71. The van der Waals surface area contributed by atoms with Crippen LogP contribution >= 0.6 is 0 Å². The Bertz CT molecular complexity index is 460. The third kappa shape index (κ3) is 2.57. The van der Waals surface area contributed by atoms with Crippen LogP contribution in [0, 0.1) is 0 Å². The van der Waals surface area contributed by atoms with Crippen LogP contribution in [0.25, 0.3) is 0 Å².